The van der Waals surface area contributed by atoms with Crippen LogP contribution in [0.15, 0.2) is 34.1 Å². The highest BCUT2D eigenvalue weighted by atomic mass is 79.9. The first-order valence-corrected chi connectivity index (χ1v) is 8.06. The SMILES string of the molecule is CCNC(c1ccc(OC)cc1Br)c1sccc1OC. The molecule has 0 amide bonds. The molecule has 1 aromatic carbocycles. The zero-order valence-electron chi connectivity index (χ0n) is 11.8. The Hall–Kier alpha value is -1.04. The van der Waals surface area contributed by atoms with E-state index in [9.17, 15) is 0 Å². The fourth-order valence-electron chi connectivity index (χ4n) is 2.11. The lowest BCUT2D eigenvalue weighted by Crippen LogP contribution is -2.22. The lowest BCUT2D eigenvalue weighted by Gasteiger charge is -2.20. The first-order valence-electron chi connectivity index (χ1n) is 6.39. The third kappa shape index (κ3) is 3.16. The summed E-state index contributed by atoms with van der Waals surface area (Å²) in [5.41, 5.74) is 1.17. The highest BCUT2D eigenvalue weighted by molar-refractivity contribution is 9.10. The van der Waals surface area contributed by atoms with Crippen LogP contribution in [0.25, 0.3) is 0 Å². The fourth-order valence-corrected chi connectivity index (χ4v) is 3.64. The van der Waals surface area contributed by atoms with Crippen LogP contribution >= 0.6 is 27.3 Å². The van der Waals surface area contributed by atoms with Gasteiger partial charge in [-0.3, -0.25) is 0 Å². The van der Waals surface area contributed by atoms with E-state index in [0.29, 0.717) is 0 Å². The van der Waals surface area contributed by atoms with Crippen molar-refractivity contribution in [2.75, 3.05) is 20.8 Å². The van der Waals surface area contributed by atoms with Crippen molar-refractivity contribution in [1.82, 2.24) is 5.32 Å². The van der Waals surface area contributed by atoms with Crippen LogP contribution in [0.3, 0.4) is 0 Å². The molecule has 3 nitrogen and oxygen atoms in total. The molecule has 20 heavy (non-hydrogen) atoms. The van der Waals surface area contributed by atoms with Gasteiger partial charge < -0.3 is 14.8 Å². The molecule has 0 fully saturated rings. The Kier molecular flexibility index (Phi) is 5.46. The number of nitrogens with one attached hydrogen (secondary N) is 1. The molecule has 0 saturated carbocycles. The van der Waals surface area contributed by atoms with Gasteiger partial charge in [-0.15, -0.1) is 11.3 Å². The number of hydrogen-bond acceptors (Lipinski definition) is 4. The van der Waals surface area contributed by atoms with Crippen molar-refractivity contribution in [2.45, 2.75) is 13.0 Å². The maximum absolute atomic E-state index is 5.45. The average molecular weight is 356 g/mol. The molecule has 1 aromatic heterocycles. The second-order valence-electron chi connectivity index (χ2n) is 4.23. The molecule has 0 spiro atoms. The van der Waals surface area contributed by atoms with E-state index in [-0.39, 0.29) is 6.04 Å². The monoisotopic (exact) mass is 355 g/mol. The predicted molar refractivity (Wildman–Crippen MR) is 87.1 cm³/mol. The first-order chi connectivity index (χ1) is 9.71. The summed E-state index contributed by atoms with van der Waals surface area (Å²) in [6.45, 7) is 2.98. The van der Waals surface area contributed by atoms with Gasteiger partial charge in [0.25, 0.3) is 0 Å². The van der Waals surface area contributed by atoms with Gasteiger partial charge in [0.15, 0.2) is 0 Å². The Morgan fingerprint density at radius 2 is 2.05 bits per heavy atom. The van der Waals surface area contributed by atoms with Crippen LogP contribution in [-0.2, 0) is 0 Å². The summed E-state index contributed by atoms with van der Waals surface area (Å²) in [6.07, 6.45) is 0. The van der Waals surface area contributed by atoms with Gasteiger partial charge in [-0.1, -0.05) is 28.9 Å². The number of methoxy groups -OCH3 is 2. The largest absolute Gasteiger partial charge is 0.497 e. The van der Waals surface area contributed by atoms with E-state index in [4.69, 9.17) is 9.47 Å². The Labute approximate surface area is 132 Å². The summed E-state index contributed by atoms with van der Waals surface area (Å²) in [6, 6.07) is 8.15. The van der Waals surface area contributed by atoms with Gasteiger partial charge in [0.1, 0.15) is 11.5 Å². The Bertz CT molecular complexity index is 571. The second-order valence-corrected chi connectivity index (χ2v) is 6.03. The van der Waals surface area contributed by atoms with Crippen molar-refractivity contribution >= 4 is 27.3 Å². The molecule has 5 heteroatoms. The number of benzene rings is 1. The average Bonchev–Trinajstić information content (AvgIpc) is 2.93. The van der Waals surface area contributed by atoms with Crippen molar-refractivity contribution in [2.24, 2.45) is 0 Å². The fraction of sp³-hybridized carbons (Fsp3) is 0.333. The van der Waals surface area contributed by atoms with Crippen molar-refractivity contribution in [1.29, 1.82) is 0 Å². The molecule has 1 unspecified atom stereocenters. The lowest BCUT2D eigenvalue weighted by molar-refractivity contribution is 0.407. The molecule has 0 aliphatic rings. The summed E-state index contributed by atoms with van der Waals surface area (Å²) < 4.78 is 11.7. The molecule has 0 radical (unpaired) electrons. The van der Waals surface area contributed by atoms with Crippen LogP contribution < -0.4 is 14.8 Å². The highest BCUT2D eigenvalue weighted by Crippen LogP contribution is 2.38. The minimum absolute atomic E-state index is 0.107. The number of ether oxygens (including phenoxy) is 2. The Morgan fingerprint density at radius 3 is 2.65 bits per heavy atom. The van der Waals surface area contributed by atoms with Crippen LogP contribution in [-0.4, -0.2) is 20.8 Å². The maximum atomic E-state index is 5.45. The third-order valence-corrected chi connectivity index (χ3v) is 4.72. The van der Waals surface area contributed by atoms with Crippen LogP contribution in [0.4, 0.5) is 0 Å². The minimum atomic E-state index is 0.107. The molecule has 0 bridgehead atoms. The molecule has 1 atom stereocenters. The summed E-state index contributed by atoms with van der Waals surface area (Å²) in [5.74, 6) is 1.76. The Morgan fingerprint density at radius 1 is 1.25 bits per heavy atom. The molecule has 0 aliphatic carbocycles. The molecule has 0 aliphatic heterocycles. The normalized spacial score (nSPS) is 12.2. The zero-order chi connectivity index (χ0) is 14.5. The maximum Gasteiger partial charge on any atom is 0.134 e. The van der Waals surface area contributed by atoms with Crippen LogP contribution in [0.1, 0.15) is 23.4 Å². The van der Waals surface area contributed by atoms with Crippen molar-refractivity contribution in [3.63, 3.8) is 0 Å². The van der Waals surface area contributed by atoms with E-state index in [1.165, 1.54) is 10.4 Å². The van der Waals surface area contributed by atoms with Gasteiger partial charge in [-0.2, -0.15) is 0 Å². The van der Waals surface area contributed by atoms with Gasteiger partial charge in [-0.25, -0.2) is 0 Å². The highest BCUT2D eigenvalue weighted by Gasteiger charge is 2.21. The molecular formula is C15H18BrNO2S. The van der Waals surface area contributed by atoms with E-state index in [2.05, 4.69) is 39.6 Å². The van der Waals surface area contributed by atoms with Crippen molar-refractivity contribution < 1.29 is 9.47 Å². The first kappa shape index (κ1) is 15.4. The van der Waals surface area contributed by atoms with E-state index < -0.39 is 0 Å². The molecule has 1 heterocycles. The molecular weight excluding hydrogens is 338 g/mol. The van der Waals surface area contributed by atoms with Gasteiger partial charge in [0.2, 0.25) is 0 Å². The van der Waals surface area contributed by atoms with Gasteiger partial charge >= 0.3 is 0 Å². The summed E-state index contributed by atoms with van der Waals surface area (Å²) >= 11 is 5.33. The van der Waals surface area contributed by atoms with Crippen LogP contribution in [0, 0.1) is 0 Å². The summed E-state index contributed by atoms with van der Waals surface area (Å²) in [7, 11) is 3.38. The molecule has 0 saturated heterocycles. The summed E-state index contributed by atoms with van der Waals surface area (Å²) in [5, 5.41) is 5.57. The number of rotatable bonds is 6. The van der Waals surface area contributed by atoms with Gasteiger partial charge in [0.05, 0.1) is 25.1 Å². The van der Waals surface area contributed by atoms with E-state index in [1.807, 2.05) is 18.2 Å². The zero-order valence-corrected chi connectivity index (χ0v) is 14.2. The third-order valence-electron chi connectivity index (χ3n) is 3.07. The van der Waals surface area contributed by atoms with E-state index >= 15 is 0 Å². The van der Waals surface area contributed by atoms with Gasteiger partial charge in [0, 0.05) is 4.47 Å². The lowest BCUT2D eigenvalue weighted by atomic mass is 10.0. The smallest absolute Gasteiger partial charge is 0.134 e. The standard InChI is InChI=1S/C15H18BrNO2S/c1-4-17-14(15-13(19-3)7-8-20-15)11-6-5-10(18-2)9-12(11)16/h5-9,14,17H,4H2,1-3H3. The number of hydrogen-bond donors (Lipinski definition) is 1. The molecule has 1 N–H and O–H groups in total. The Balaban J connectivity index is 2.43. The van der Waals surface area contributed by atoms with Crippen LogP contribution in [0.5, 0.6) is 11.5 Å². The van der Waals surface area contributed by atoms with E-state index in [1.54, 1.807) is 25.6 Å². The minimum Gasteiger partial charge on any atom is -0.497 e. The quantitative estimate of drug-likeness (QED) is 0.840. The van der Waals surface area contributed by atoms with Crippen LogP contribution in [0.2, 0.25) is 0 Å². The topological polar surface area (TPSA) is 30.5 Å². The van der Waals surface area contributed by atoms with E-state index in [0.717, 1.165) is 22.5 Å². The van der Waals surface area contributed by atoms with Gasteiger partial charge in [-0.05, 0) is 35.7 Å². The summed E-state index contributed by atoms with van der Waals surface area (Å²) in [4.78, 5) is 1.18. The number of thiophene rings is 1. The molecule has 2 aromatic rings. The number of halogens is 1. The molecule has 108 valence electrons. The molecule has 2 rings (SSSR count). The van der Waals surface area contributed by atoms with Crippen molar-refractivity contribution in [3.05, 3.63) is 44.6 Å². The second kappa shape index (κ2) is 7.11. The predicted octanol–water partition coefficient (Wildman–Crippen LogP) is 4.23. The van der Waals surface area contributed by atoms with Crippen molar-refractivity contribution in [3.8, 4) is 11.5 Å².